The zero-order chi connectivity index (χ0) is 38.6. The van der Waals surface area contributed by atoms with Crippen LogP contribution in [0.2, 0.25) is 0 Å². The van der Waals surface area contributed by atoms with Crippen molar-refractivity contribution in [1.82, 2.24) is 0 Å². The van der Waals surface area contributed by atoms with Crippen LogP contribution >= 0.6 is 0 Å². The Morgan fingerprint density at radius 1 is 0.561 bits per heavy atom. The summed E-state index contributed by atoms with van der Waals surface area (Å²) >= 11 is 0. The van der Waals surface area contributed by atoms with Crippen LogP contribution in [0.15, 0.2) is 170 Å². The molecule has 0 spiro atoms. The Morgan fingerprint density at radius 3 is 2.02 bits per heavy atom. The Balaban J connectivity index is 1.04. The number of nitrogens with zero attached hydrogens (tertiary/aromatic N) is 2. The molecule has 0 saturated heterocycles. The molecule has 0 N–H and O–H groups in total. The van der Waals surface area contributed by atoms with E-state index in [9.17, 15) is 0 Å². The maximum Gasteiger partial charge on any atom is 0.256 e. The van der Waals surface area contributed by atoms with Crippen LogP contribution in [-0.4, -0.2) is 6.71 Å². The molecule has 0 unspecified atom stereocenters. The van der Waals surface area contributed by atoms with Crippen LogP contribution in [0.25, 0.3) is 21.9 Å². The van der Waals surface area contributed by atoms with Crippen LogP contribution in [0.5, 0.6) is 11.5 Å². The van der Waals surface area contributed by atoms with Gasteiger partial charge in [0.25, 0.3) is 6.71 Å². The summed E-state index contributed by atoms with van der Waals surface area (Å²) in [7, 11) is 0. The Bertz CT molecular complexity index is 2890. The van der Waals surface area contributed by atoms with Crippen molar-refractivity contribution >= 4 is 68.0 Å². The second-order valence-corrected chi connectivity index (χ2v) is 17.4. The lowest BCUT2D eigenvalue weighted by Gasteiger charge is -2.40. The summed E-state index contributed by atoms with van der Waals surface area (Å²) < 4.78 is 6.94. The van der Waals surface area contributed by atoms with Gasteiger partial charge in [-0.1, -0.05) is 132 Å². The lowest BCUT2D eigenvalue weighted by molar-refractivity contribution is 0.487. The van der Waals surface area contributed by atoms with Crippen molar-refractivity contribution in [2.45, 2.75) is 45.4 Å². The van der Waals surface area contributed by atoms with Crippen molar-refractivity contribution < 1.29 is 4.74 Å². The molecule has 8 aromatic rings. The van der Waals surface area contributed by atoms with Crippen LogP contribution < -0.4 is 30.9 Å². The number of ether oxygens (including phenoxy) is 1. The SMILES string of the molecule is CC(C)(C)c1ccc(N(c2ccccc2)c2ccc3c4c(ccc3c2)-c2cc3c(cc2C4(C)C)B2c4ccccc4N(c4ccccc4)c4cccc(c42)O3)cc1. The van der Waals surface area contributed by atoms with Gasteiger partial charge in [0.2, 0.25) is 0 Å². The molecule has 3 nitrogen and oxygen atoms in total. The number of para-hydroxylation sites is 3. The van der Waals surface area contributed by atoms with Crippen molar-refractivity contribution in [2.24, 2.45) is 0 Å². The van der Waals surface area contributed by atoms with E-state index < -0.39 is 0 Å². The van der Waals surface area contributed by atoms with Crippen LogP contribution in [0, 0.1) is 0 Å². The number of rotatable bonds is 4. The van der Waals surface area contributed by atoms with Crippen LogP contribution in [0.3, 0.4) is 0 Å². The molecule has 0 bridgehead atoms. The van der Waals surface area contributed by atoms with Crippen molar-refractivity contribution in [3.05, 3.63) is 187 Å². The van der Waals surface area contributed by atoms with E-state index in [4.69, 9.17) is 4.74 Å². The van der Waals surface area contributed by atoms with Crippen molar-refractivity contribution in [2.75, 3.05) is 9.80 Å². The zero-order valence-electron chi connectivity index (χ0n) is 33.0. The average molecular weight is 735 g/mol. The molecule has 1 aliphatic carbocycles. The smallest absolute Gasteiger partial charge is 0.256 e. The fourth-order valence-electron chi connectivity index (χ4n) is 9.90. The van der Waals surface area contributed by atoms with Gasteiger partial charge in [-0.15, -0.1) is 0 Å². The minimum Gasteiger partial charge on any atom is -0.458 e. The van der Waals surface area contributed by atoms with Gasteiger partial charge in [-0.3, -0.25) is 0 Å². The molecule has 0 amide bonds. The minimum atomic E-state index is -0.229. The fourth-order valence-corrected chi connectivity index (χ4v) is 9.90. The van der Waals surface area contributed by atoms with E-state index in [1.165, 1.54) is 66.4 Å². The molecular weight excluding hydrogens is 691 g/mol. The van der Waals surface area contributed by atoms with Gasteiger partial charge in [0.1, 0.15) is 11.5 Å². The number of hydrogen-bond donors (Lipinski definition) is 0. The maximum absolute atomic E-state index is 6.94. The molecule has 8 aromatic carbocycles. The van der Waals surface area contributed by atoms with E-state index in [1.807, 2.05) is 0 Å². The molecule has 3 aliphatic rings. The first-order valence-electron chi connectivity index (χ1n) is 20.1. The number of anilines is 6. The minimum absolute atomic E-state index is 0.0571. The van der Waals surface area contributed by atoms with E-state index in [-0.39, 0.29) is 17.5 Å². The third kappa shape index (κ3) is 5.06. The van der Waals surface area contributed by atoms with Gasteiger partial charge in [-0.25, -0.2) is 0 Å². The first-order valence-corrected chi connectivity index (χ1v) is 20.1. The van der Waals surface area contributed by atoms with Gasteiger partial charge >= 0.3 is 0 Å². The first-order chi connectivity index (χ1) is 27.7. The topological polar surface area (TPSA) is 15.7 Å². The summed E-state index contributed by atoms with van der Waals surface area (Å²) in [6.07, 6.45) is 0. The van der Waals surface area contributed by atoms with Crippen molar-refractivity contribution in [1.29, 1.82) is 0 Å². The molecule has 57 heavy (non-hydrogen) atoms. The standard InChI is InChI=1S/C53H43BN2O/c1-52(2,3)35-24-26-38(27-25-35)55(36-15-8-6-9-16-36)39-28-30-40-34(31-39)23-29-41-42-32-49-45(33-43(42)53(4,5)50(40)41)54-44-19-12-13-20-46(44)56(37-17-10-7-11-18-37)47-21-14-22-48(57-49)51(47)54/h6-33H,1-5H3. The first kappa shape index (κ1) is 33.8. The Labute approximate surface area is 335 Å². The van der Waals surface area contributed by atoms with Gasteiger partial charge in [0.15, 0.2) is 0 Å². The van der Waals surface area contributed by atoms with Crippen molar-refractivity contribution in [3.8, 4) is 22.6 Å². The largest absolute Gasteiger partial charge is 0.458 e. The summed E-state index contributed by atoms with van der Waals surface area (Å²) in [6, 6.07) is 62.4. The van der Waals surface area contributed by atoms with E-state index in [0.29, 0.717) is 0 Å². The zero-order valence-corrected chi connectivity index (χ0v) is 33.0. The fraction of sp³-hybridized carbons (Fsp3) is 0.132. The molecule has 0 saturated carbocycles. The van der Waals surface area contributed by atoms with Gasteiger partial charge in [0, 0.05) is 39.5 Å². The van der Waals surface area contributed by atoms with Gasteiger partial charge in [0.05, 0.1) is 0 Å². The van der Waals surface area contributed by atoms with Crippen LogP contribution in [-0.2, 0) is 10.8 Å². The Hall–Kier alpha value is -6.52. The number of fused-ring (bicyclic) bond motifs is 9. The molecule has 0 radical (unpaired) electrons. The predicted molar refractivity (Wildman–Crippen MR) is 241 cm³/mol. The Kier molecular flexibility index (Phi) is 7.26. The lowest BCUT2D eigenvalue weighted by atomic mass is 9.34. The molecular formula is C53H43BN2O. The van der Waals surface area contributed by atoms with Crippen molar-refractivity contribution in [3.63, 3.8) is 0 Å². The monoisotopic (exact) mass is 734 g/mol. The van der Waals surface area contributed by atoms with E-state index in [1.54, 1.807) is 0 Å². The average Bonchev–Trinajstić information content (AvgIpc) is 3.45. The van der Waals surface area contributed by atoms with Gasteiger partial charge < -0.3 is 14.5 Å². The van der Waals surface area contributed by atoms with E-state index in [0.717, 1.165) is 34.2 Å². The maximum atomic E-state index is 6.94. The second-order valence-electron chi connectivity index (χ2n) is 17.4. The molecule has 274 valence electrons. The molecule has 2 aliphatic heterocycles. The summed E-state index contributed by atoms with van der Waals surface area (Å²) in [4.78, 5) is 4.77. The highest BCUT2D eigenvalue weighted by molar-refractivity contribution is 6.99. The third-order valence-electron chi connectivity index (χ3n) is 12.6. The summed E-state index contributed by atoms with van der Waals surface area (Å²) in [5.74, 6) is 1.88. The molecule has 0 atom stereocenters. The van der Waals surface area contributed by atoms with Gasteiger partial charge in [-0.2, -0.15) is 0 Å². The molecule has 2 heterocycles. The normalized spacial score (nSPS) is 14.3. The Morgan fingerprint density at radius 2 is 1.25 bits per heavy atom. The number of hydrogen-bond acceptors (Lipinski definition) is 3. The molecule has 0 aromatic heterocycles. The lowest BCUT2D eigenvalue weighted by Crippen LogP contribution is -2.59. The highest BCUT2D eigenvalue weighted by atomic mass is 16.5. The number of benzene rings is 8. The third-order valence-corrected chi connectivity index (χ3v) is 12.6. The summed E-state index contributed by atoms with van der Waals surface area (Å²) in [5, 5.41) is 2.53. The second kappa shape index (κ2) is 12.2. The van der Waals surface area contributed by atoms with Crippen LogP contribution in [0.4, 0.5) is 34.1 Å². The summed E-state index contributed by atoms with van der Waals surface area (Å²) in [5.41, 5.74) is 17.2. The van der Waals surface area contributed by atoms with E-state index in [2.05, 4.69) is 214 Å². The van der Waals surface area contributed by atoms with Gasteiger partial charge in [-0.05, 0) is 133 Å². The van der Waals surface area contributed by atoms with E-state index >= 15 is 0 Å². The molecule has 11 rings (SSSR count). The molecule has 0 fully saturated rings. The van der Waals surface area contributed by atoms with Crippen LogP contribution in [0.1, 0.15) is 51.3 Å². The highest BCUT2D eigenvalue weighted by Gasteiger charge is 2.45. The predicted octanol–water partition coefficient (Wildman–Crippen LogP) is 12.3. The summed E-state index contributed by atoms with van der Waals surface area (Å²) in [6.45, 7) is 11.7. The highest BCUT2D eigenvalue weighted by Crippen LogP contribution is 2.53. The quantitative estimate of drug-likeness (QED) is 0.167. The molecule has 4 heteroatoms.